The van der Waals surface area contributed by atoms with Crippen LogP contribution in [0.15, 0.2) is 29.3 Å². The summed E-state index contributed by atoms with van der Waals surface area (Å²) >= 11 is 0. The number of carboxylic acids is 1. The highest BCUT2D eigenvalue weighted by atomic mass is 19.1. The van der Waals surface area contributed by atoms with E-state index in [0.717, 1.165) is 6.07 Å². The fourth-order valence-electron chi connectivity index (χ4n) is 1.70. The minimum Gasteiger partial charge on any atom is -0.478 e. The molecule has 0 bridgehead atoms. The highest BCUT2D eigenvalue weighted by Gasteiger charge is 2.18. The van der Waals surface area contributed by atoms with Gasteiger partial charge in [0, 0.05) is 30.3 Å². The largest absolute Gasteiger partial charge is 0.478 e. The molecule has 110 valence electrons. The van der Waals surface area contributed by atoms with E-state index in [1.165, 1.54) is 37.9 Å². The minimum atomic E-state index is -1.17. The maximum atomic E-state index is 13.7. The first-order valence-corrected chi connectivity index (χ1v) is 6.12. The van der Waals surface area contributed by atoms with Gasteiger partial charge in [0.2, 0.25) is 5.91 Å². The number of likely N-dealkylation sites (N-methyl/N-ethyl adjacent to an activating group) is 1. The van der Waals surface area contributed by atoms with Crippen LogP contribution in [0.4, 0.5) is 4.39 Å². The van der Waals surface area contributed by atoms with E-state index in [4.69, 9.17) is 10.4 Å². The van der Waals surface area contributed by atoms with Gasteiger partial charge in [-0.3, -0.25) is 4.79 Å². The first kappa shape index (κ1) is 16.4. The molecule has 1 aromatic carbocycles. The number of hydrogen-bond donors (Lipinski definition) is 1. The molecule has 1 N–H and O–H groups in total. The SMILES string of the molecule is CC(C(=O)O)=C(C)C(=O)N(C)Cc1cc(C#N)ccc1F. The van der Waals surface area contributed by atoms with Gasteiger partial charge in [-0.25, -0.2) is 9.18 Å². The summed E-state index contributed by atoms with van der Waals surface area (Å²) in [5.74, 6) is -2.20. The van der Waals surface area contributed by atoms with Crippen molar-refractivity contribution in [2.75, 3.05) is 7.05 Å². The van der Waals surface area contributed by atoms with E-state index < -0.39 is 17.7 Å². The van der Waals surface area contributed by atoms with Crippen molar-refractivity contribution in [2.24, 2.45) is 0 Å². The fraction of sp³-hybridized carbons (Fsp3) is 0.267. The third kappa shape index (κ3) is 3.89. The monoisotopic (exact) mass is 290 g/mol. The van der Waals surface area contributed by atoms with Crippen LogP contribution in [0.3, 0.4) is 0 Å². The van der Waals surface area contributed by atoms with Crippen molar-refractivity contribution in [2.45, 2.75) is 20.4 Å². The summed E-state index contributed by atoms with van der Waals surface area (Å²) in [6.07, 6.45) is 0. The molecule has 0 aliphatic heterocycles. The summed E-state index contributed by atoms with van der Waals surface area (Å²) < 4.78 is 13.7. The second kappa shape index (κ2) is 6.66. The molecule has 1 rings (SSSR count). The number of benzene rings is 1. The zero-order chi connectivity index (χ0) is 16.2. The lowest BCUT2D eigenvalue weighted by molar-refractivity contribution is -0.133. The maximum Gasteiger partial charge on any atom is 0.331 e. The van der Waals surface area contributed by atoms with Crippen LogP contribution in [0.5, 0.6) is 0 Å². The predicted molar refractivity (Wildman–Crippen MR) is 73.6 cm³/mol. The molecule has 0 aromatic heterocycles. The third-order valence-electron chi connectivity index (χ3n) is 3.13. The van der Waals surface area contributed by atoms with Crippen molar-refractivity contribution in [3.63, 3.8) is 0 Å². The molecule has 0 aliphatic carbocycles. The standard InChI is InChI=1S/C15H15FN2O3/c1-9(10(2)15(20)21)14(19)18(3)8-12-6-11(7-17)4-5-13(12)16/h4-6H,8H2,1-3H3,(H,20,21). The van der Waals surface area contributed by atoms with Crippen molar-refractivity contribution in [1.29, 1.82) is 5.26 Å². The average Bonchev–Trinajstić information content (AvgIpc) is 2.46. The van der Waals surface area contributed by atoms with Gasteiger partial charge in [0.25, 0.3) is 0 Å². The summed E-state index contributed by atoms with van der Waals surface area (Å²) in [6, 6.07) is 5.77. The molecule has 0 atom stereocenters. The summed E-state index contributed by atoms with van der Waals surface area (Å²) in [7, 11) is 1.44. The van der Waals surface area contributed by atoms with Crippen molar-refractivity contribution in [3.8, 4) is 6.07 Å². The van der Waals surface area contributed by atoms with E-state index in [2.05, 4.69) is 0 Å². The van der Waals surface area contributed by atoms with E-state index >= 15 is 0 Å². The van der Waals surface area contributed by atoms with Gasteiger partial charge >= 0.3 is 5.97 Å². The number of aliphatic carboxylic acids is 1. The van der Waals surface area contributed by atoms with E-state index in [9.17, 15) is 14.0 Å². The number of halogens is 1. The molecule has 6 heteroatoms. The second-order valence-electron chi connectivity index (χ2n) is 4.63. The molecule has 0 heterocycles. The fourth-order valence-corrected chi connectivity index (χ4v) is 1.70. The predicted octanol–water partition coefficient (Wildman–Crippen LogP) is 2.08. The van der Waals surface area contributed by atoms with Crippen molar-refractivity contribution >= 4 is 11.9 Å². The van der Waals surface area contributed by atoms with Gasteiger partial charge in [-0.05, 0) is 32.0 Å². The normalized spacial score (nSPS) is 11.4. The Balaban J connectivity index is 2.99. The Morgan fingerprint density at radius 1 is 1.33 bits per heavy atom. The van der Waals surface area contributed by atoms with Gasteiger partial charge in [0.05, 0.1) is 11.6 Å². The van der Waals surface area contributed by atoms with Crippen LogP contribution in [0.1, 0.15) is 25.0 Å². The van der Waals surface area contributed by atoms with E-state index in [1.807, 2.05) is 6.07 Å². The number of hydrogen-bond acceptors (Lipinski definition) is 3. The number of nitriles is 1. The quantitative estimate of drug-likeness (QED) is 0.861. The number of carbonyl (C=O) groups excluding carboxylic acids is 1. The Morgan fingerprint density at radius 2 is 1.95 bits per heavy atom. The first-order chi connectivity index (χ1) is 9.77. The highest BCUT2D eigenvalue weighted by molar-refractivity contribution is 6.01. The average molecular weight is 290 g/mol. The Hall–Kier alpha value is -2.68. The lowest BCUT2D eigenvalue weighted by Gasteiger charge is -2.18. The zero-order valence-electron chi connectivity index (χ0n) is 12.0. The smallest absolute Gasteiger partial charge is 0.331 e. The molecule has 0 aliphatic rings. The highest BCUT2D eigenvalue weighted by Crippen LogP contribution is 2.14. The molecule has 5 nitrogen and oxygen atoms in total. The molecular weight excluding hydrogens is 275 g/mol. The summed E-state index contributed by atoms with van der Waals surface area (Å²) in [5, 5.41) is 17.7. The van der Waals surface area contributed by atoms with Gasteiger partial charge in [0.1, 0.15) is 5.82 Å². The van der Waals surface area contributed by atoms with Crippen LogP contribution < -0.4 is 0 Å². The Kier molecular flexibility index (Phi) is 5.19. The van der Waals surface area contributed by atoms with Crippen LogP contribution in [-0.4, -0.2) is 28.9 Å². The van der Waals surface area contributed by atoms with Crippen LogP contribution >= 0.6 is 0 Å². The molecule has 21 heavy (non-hydrogen) atoms. The minimum absolute atomic E-state index is 0.0512. The van der Waals surface area contributed by atoms with Gasteiger partial charge in [-0.2, -0.15) is 5.26 Å². The third-order valence-corrected chi connectivity index (χ3v) is 3.13. The second-order valence-corrected chi connectivity index (χ2v) is 4.63. The topological polar surface area (TPSA) is 81.4 Å². The van der Waals surface area contributed by atoms with Crippen LogP contribution in [0.2, 0.25) is 0 Å². The van der Waals surface area contributed by atoms with Crippen molar-refractivity contribution in [3.05, 3.63) is 46.3 Å². The summed E-state index contributed by atoms with van der Waals surface area (Å²) in [4.78, 5) is 24.1. The Morgan fingerprint density at radius 3 is 2.48 bits per heavy atom. The number of amides is 1. The Labute approximate surface area is 121 Å². The molecule has 1 amide bonds. The number of nitrogens with zero attached hydrogens (tertiary/aromatic N) is 2. The summed E-state index contributed by atoms with van der Waals surface area (Å²) in [6.45, 7) is 2.69. The lowest BCUT2D eigenvalue weighted by atomic mass is 10.1. The number of rotatable bonds is 4. The number of carbonyl (C=O) groups is 2. The van der Waals surface area contributed by atoms with Crippen LogP contribution in [0.25, 0.3) is 0 Å². The zero-order valence-corrected chi connectivity index (χ0v) is 12.0. The molecule has 0 spiro atoms. The molecular formula is C15H15FN2O3. The van der Waals surface area contributed by atoms with E-state index in [0.29, 0.717) is 5.56 Å². The van der Waals surface area contributed by atoms with Crippen molar-refractivity contribution < 1.29 is 19.1 Å². The van der Waals surface area contributed by atoms with Gasteiger partial charge in [0.15, 0.2) is 0 Å². The van der Waals surface area contributed by atoms with E-state index in [1.54, 1.807) is 0 Å². The van der Waals surface area contributed by atoms with Gasteiger partial charge in [-0.1, -0.05) is 0 Å². The molecule has 0 saturated carbocycles. The van der Waals surface area contributed by atoms with Crippen LogP contribution in [0, 0.1) is 17.1 Å². The maximum absolute atomic E-state index is 13.7. The Bertz CT molecular complexity index is 659. The first-order valence-electron chi connectivity index (χ1n) is 6.12. The van der Waals surface area contributed by atoms with Gasteiger partial charge < -0.3 is 10.0 Å². The van der Waals surface area contributed by atoms with Crippen molar-refractivity contribution in [1.82, 2.24) is 4.90 Å². The molecule has 0 saturated heterocycles. The summed E-state index contributed by atoms with van der Waals surface area (Å²) in [5.41, 5.74) is 0.520. The van der Waals surface area contributed by atoms with Crippen LogP contribution in [-0.2, 0) is 16.1 Å². The number of carboxylic acid groups (broad SMARTS) is 1. The van der Waals surface area contributed by atoms with E-state index in [-0.39, 0.29) is 23.3 Å². The molecule has 0 unspecified atom stereocenters. The lowest BCUT2D eigenvalue weighted by Crippen LogP contribution is -2.28. The molecule has 0 radical (unpaired) electrons. The van der Waals surface area contributed by atoms with Gasteiger partial charge in [-0.15, -0.1) is 0 Å². The molecule has 1 aromatic rings. The molecule has 0 fully saturated rings.